The zero-order valence-corrected chi connectivity index (χ0v) is 13.5. The van der Waals surface area contributed by atoms with Crippen molar-refractivity contribution in [1.82, 2.24) is 14.6 Å². The number of rotatable bonds is 4. The largest absolute Gasteiger partial charge is 0.344 e. The van der Waals surface area contributed by atoms with Crippen molar-refractivity contribution in [1.29, 1.82) is 0 Å². The summed E-state index contributed by atoms with van der Waals surface area (Å²) in [6.45, 7) is 5.36. The fourth-order valence-corrected chi connectivity index (χ4v) is 4.05. The van der Waals surface area contributed by atoms with Crippen LogP contribution >= 0.6 is 11.3 Å². The topological polar surface area (TPSA) is 50.5 Å². The van der Waals surface area contributed by atoms with Crippen LogP contribution in [0.5, 0.6) is 0 Å². The molecular formula is C15H22N4OS. The van der Waals surface area contributed by atoms with Gasteiger partial charge in [-0.05, 0) is 32.1 Å². The molecule has 5 nitrogen and oxygen atoms in total. The zero-order valence-electron chi connectivity index (χ0n) is 12.7. The fourth-order valence-electron chi connectivity index (χ4n) is 3.02. The van der Waals surface area contributed by atoms with E-state index in [1.165, 1.54) is 23.8 Å². The maximum Gasteiger partial charge on any atom is 0.275 e. The summed E-state index contributed by atoms with van der Waals surface area (Å²) < 4.78 is 1.46. The lowest BCUT2D eigenvalue weighted by molar-refractivity contribution is 0.448. The van der Waals surface area contributed by atoms with E-state index in [9.17, 15) is 4.79 Å². The minimum atomic E-state index is -0.0593. The fraction of sp³-hybridized carbons (Fsp3) is 0.667. The second kappa shape index (κ2) is 6.13. The molecule has 3 heterocycles. The number of hydrogen-bond donors (Lipinski definition) is 0. The lowest BCUT2D eigenvalue weighted by atomic mass is 10.0. The molecule has 1 saturated heterocycles. The normalized spacial score (nSPS) is 19.3. The van der Waals surface area contributed by atoms with E-state index in [1.807, 2.05) is 0 Å². The van der Waals surface area contributed by atoms with Gasteiger partial charge in [-0.1, -0.05) is 31.6 Å². The summed E-state index contributed by atoms with van der Waals surface area (Å²) in [5.74, 6) is 0. The van der Waals surface area contributed by atoms with Gasteiger partial charge in [-0.25, -0.2) is 4.98 Å². The lowest BCUT2D eigenvalue weighted by Gasteiger charge is -2.34. The molecule has 0 radical (unpaired) electrons. The van der Waals surface area contributed by atoms with Gasteiger partial charge in [-0.3, -0.25) is 4.79 Å². The first kappa shape index (κ1) is 14.5. The highest BCUT2D eigenvalue weighted by atomic mass is 32.1. The zero-order chi connectivity index (χ0) is 14.8. The van der Waals surface area contributed by atoms with E-state index in [0.717, 1.165) is 41.6 Å². The highest BCUT2D eigenvalue weighted by Gasteiger charge is 2.24. The van der Waals surface area contributed by atoms with Crippen LogP contribution in [0.3, 0.4) is 0 Å². The molecule has 0 bridgehead atoms. The first-order valence-electron chi connectivity index (χ1n) is 7.89. The van der Waals surface area contributed by atoms with Gasteiger partial charge in [-0.2, -0.15) is 4.52 Å². The van der Waals surface area contributed by atoms with Crippen LogP contribution in [0, 0.1) is 0 Å². The van der Waals surface area contributed by atoms with Crippen molar-refractivity contribution in [3.05, 3.63) is 22.1 Å². The number of fused-ring (bicyclic) bond motifs is 1. The van der Waals surface area contributed by atoms with Gasteiger partial charge in [-0.15, -0.1) is 5.10 Å². The Morgan fingerprint density at radius 3 is 3.00 bits per heavy atom. The summed E-state index contributed by atoms with van der Waals surface area (Å²) >= 11 is 1.54. The summed E-state index contributed by atoms with van der Waals surface area (Å²) in [5, 5.41) is 5.47. The molecule has 1 aliphatic heterocycles. The molecule has 0 aliphatic carbocycles. The highest BCUT2D eigenvalue weighted by molar-refractivity contribution is 7.20. The van der Waals surface area contributed by atoms with Crippen LogP contribution in [0.4, 0.5) is 5.13 Å². The molecule has 21 heavy (non-hydrogen) atoms. The Kier molecular flexibility index (Phi) is 4.24. The highest BCUT2D eigenvalue weighted by Crippen LogP contribution is 2.29. The van der Waals surface area contributed by atoms with Gasteiger partial charge < -0.3 is 4.90 Å². The Balaban J connectivity index is 2.00. The van der Waals surface area contributed by atoms with Crippen LogP contribution in [0.1, 0.15) is 51.6 Å². The van der Waals surface area contributed by atoms with Crippen molar-refractivity contribution < 1.29 is 0 Å². The minimum absolute atomic E-state index is 0.0593. The first-order valence-corrected chi connectivity index (χ1v) is 8.71. The van der Waals surface area contributed by atoms with Gasteiger partial charge in [0.15, 0.2) is 0 Å². The van der Waals surface area contributed by atoms with Crippen LogP contribution in [-0.4, -0.2) is 27.2 Å². The molecule has 1 unspecified atom stereocenters. The van der Waals surface area contributed by atoms with Gasteiger partial charge in [0.1, 0.15) is 0 Å². The average molecular weight is 306 g/mol. The molecular weight excluding hydrogens is 284 g/mol. The number of hydrogen-bond acceptors (Lipinski definition) is 5. The number of aromatic nitrogens is 3. The van der Waals surface area contributed by atoms with Crippen molar-refractivity contribution in [3.8, 4) is 0 Å². The van der Waals surface area contributed by atoms with E-state index in [0.29, 0.717) is 6.04 Å². The predicted octanol–water partition coefficient (Wildman–Crippen LogP) is 2.87. The molecule has 1 fully saturated rings. The molecule has 6 heteroatoms. The monoisotopic (exact) mass is 306 g/mol. The van der Waals surface area contributed by atoms with Crippen molar-refractivity contribution in [2.24, 2.45) is 0 Å². The quantitative estimate of drug-likeness (QED) is 0.871. The lowest BCUT2D eigenvalue weighted by Crippen LogP contribution is -2.39. The van der Waals surface area contributed by atoms with E-state index in [-0.39, 0.29) is 5.56 Å². The molecule has 0 amide bonds. The molecule has 0 saturated carbocycles. The number of aryl methyl sites for hydroxylation is 1. The van der Waals surface area contributed by atoms with Crippen molar-refractivity contribution in [3.63, 3.8) is 0 Å². The van der Waals surface area contributed by atoms with Crippen LogP contribution in [0.2, 0.25) is 0 Å². The van der Waals surface area contributed by atoms with Gasteiger partial charge >= 0.3 is 0 Å². The molecule has 0 spiro atoms. The summed E-state index contributed by atoms with van der Waals surface area (Å²) in [7, 11) is 0. The molecule has 0 aromatic carbocycles. The Hall–Kier alpha value is -1.43. The smallest absolute Gasteiger partial charge is 0.275 e. The van der Waals surface area contributed by atoms with E-state index >= 15 is 0 Å². The molecule has 1 aliphatic rings. The molecule has 2 aromatic rings. The summed E-state index contributed by atoms with van der Waals surface area (Å²) in [4.78, 5) is 19.8. The second-order valence-corrected chi connectivity index (χ2v) is 6.60. The van der Waals surface area contributed by atoms with Crippen molar-refractivity contribution in [2.45, 2.75) is 58.4 Å². The van der Waals surface area contributed by atoms with Crippen molar-refractivity contribution >= 4 is 21.4 Å². The van der Waals surface area contributed by atoms with Gasteiger partial charge in [0.05, 0.1) is 0 Å². The summed E-state index contributed by atoms with van der Waals surface area (Å²) in [6, 6.07) is 2.16. The second-order valence-electron chi connectivity index (χ2n) is 5.67. The van der Waals surface area contributed by atoms with Gasteiger partial charge in [0, 0.05) is 24.3 Å². The minimum Gasteiger partial charge on any atom is -0.344 e. The van der Waals surface area contributed by atoms with Crippen LogP contribution < -0.4 is 10.5 Å². The SMILES string of the molecule is CCCc1cc(=O)n2nc(N3CCCCC3CC)sc2n1. The van der Waals surface area contributed by atoms with E-state index in [4.69, 9.17) is 0 Å². The molecule has 3 rings (SSSR count). The molecule has 1 atom stereocenters. The Bertz CT molecular complexity index is 678. The molecule has 114 valence electrons. The third-order valence-corrected chi connectivity index (χ3v) is 5.08. The third kappa shape index (κ3) is 2.81. The number of nitrogens with zero attached hydrogens (tertiary/aromatic N) is 4. The maximum atomic E-state index is 12.2. The van der Waals surface area contributed by atoms with Crippen LogP contribution in [-0.2, 0) is 6.42 Å². The average Bonchev–Trinajstić information content (AvgIpc) is 2.92. The Morgan fingerprint density at radius 1 is 1.38 bits per heavy atom. The van der Waals surface area contributed by atoms with Gasteiger partial charge in [0.25, 0.3) is 5.56 Å². The van der Waals surface area contributed by atoms with E-state index in [2.05, 4.69) is 28.8 Å². The standard InChI is InChI=1S/C15H22N4OS/c1-3-7-11-10-13(20)19-14(16-11)21-15(17-19)18-9-6-5-8-12(18)4-2/h10,12H,3-9H2,1-2H3. The number of piperidine rings is 1. The molecule has 0 N–H and O–H groups in total. The van der Waals surface area contributed by atoms with E-state index in [1.54, 1.807) is 17.4 Å². The van der Waals surface area contributed by atoms with Crippen molar-refractivity contribution in [2.75, 3.05) is 11.4 Å². The molecule has 2 aromatic heterocycles. The van der Waals surface area contributed by atoms with Gasteiger partial charge in [0.2, 0.25) is 10.1 Å². The van der Waals surface area contributed by atoms with Crippen LogP contribution in [0.15, 0.2) is 10.9 Å². The Labute approximate surface area is 128 Å². The van der Waals surface area contributed by atoms with Crippen LogP contribution in [0.25, 0.3) is 4.96 Å². The summed E-state index contributed by atoms with van der Waals surface area (Å²) in [5.41, 5.74) is 0.819. The Morgan fingerprint density at radius 2 is 2.24 bits per heavy atom. The number of anilines is 1. The maximum absolute atomic E-state index is 12.2. The first-order chi connectivity index (χ1) is 10.2. The predicted molar refractivity (Wildman–Crippen MR) is 86.4 cm³/mol. The summed E-state index contributed by atoms with van der Waals surface area (Å²) in [6.07, 6.45) is 6.68. The third-order valence-electron chi connectivity index (χ3n) is 4.14. The van der Waals surface area contributed by atoms with E-state index < -0.39 is 0 Å².